The van der Waals surface area contributed by atoms with Crippen molar-refractivity contribution in [3.63, 3.8) is 0 Å². The number of carbonyl (C=O) groups is 2. The van der Waals surface area contributed by atoms with Gasteiger partial charge in [0.05, 0.1) is 6.61 Å². The molecule has 3 heteroatoms. The first-order valence-corrected chi connectivity index (χ1v) is 13.7. The van der Waals surface area contributed by atoms with Crippen molar-refractivity contribution in [1.82, 2.24) is 0 Å². The molecule has 0 amide bonds. The normalized spacial score (nSPS) is 13.2. The second kappa shape index (κ2) is 21.0. The standard InChI is InChI=1S/C28H54O3/c1-5-8-9-10-11-12-13-14-15-16-17-18-19-20-21-22-24-28(23-6-2,26(4)29)27(30)31-25-7-3/h5-25H2,1-4H3. The van der Waals surface area contributed by atoms with Gasteiger partial charge in [-0.2, -0.15) is 0 Å². The summed E-state index contributed by atoms with van der Waals surface area (Å²) < 4.78 is 5.39. The molecule has 3 nitrogen and oxygen atoms in total. The second-order valence-electron chi connectivity index (χ2n) is 9.58. The van der Waals surface area contributed by atoms with E-state index >= 15 is 0 Å². The smallest absolute Gasteiger partial charge is 0.319 e. The summed E-state index contributed by atoms with van der Waals surface area (Å²) in [7, 11) is 0. The van der Waals surface area contributed by atoms with Crippen LogP contribution in [0.25, 0.3) is 0 Å². The molecule has 0 bridgehead atoms. The third-order valence-electron chi connectivity index (χ3n) is 6.64. The number of ketones is 1. The summed E-state index contributed by atoms with van der Waals surface area (Å²) in [6, 6.07) is 0. The highest BCUT2D eigenvalue weighted by atomic mass is 16.5. The summed E-state index contributed by atoms with van der Waals surface area (Å²) >= 11 is 0. The molecule has 0 N–H and O–H groups in total. The zero-order valence-corrected chi connectivity index (χ0v) is 21.6. The first kappa shape index (κ1) is 30.1. The predicted octanol–water partition coefficient (Wildman–Crippen LogP) is 8.97. The molecule has 0 heterocycles. The predicted molar refractivity (Wildman–Crippen MR) is 133 cm³/mol. The summed E-state index contributed by atoms with van der Waals surface area (Å²) in [4.78, 5) is 25.0. The van der Waals surface area contributed by atoms with E-state index in [0.717, 1.165) is 25.7 Å². The highest BCUT2D eigenvalue weighted by molar-refractivity contribution is 6.02. The fraction of sp³-hybridized carbons (Fsp3) is 0.929. The Morgan fingerprint density at radius 3 is 1.32 bits per heavy atom. The zero-order valence-electron chi connectivity index (χ0n) is 21.6. The van der Waals surface area contributed by atoms with E-state index < -0.39 is 5.41 Å². The molecule has 0 aromatic carbocycles. The maximum absolute atomic E-state index is 12.6. The first-order chi connectivity index (χ1) is 15.0. The topological polar surface area (TPSA) is 43.4 Å². The van der Waals surface area contributed by atoms with E-state index in [4.69, 9.17) is 4.74 Å². The molecule has 0 aromatic heterocycles. The first-order valence-electron chi connectivity index (χ1n) is 13.7. The molecule has 0 saturated carbocycles. The quantitative estimate of drug-likeness (QED) is 0.0908. The van der Waals surface area contributed by atoms with Crippen molar-refractivity contribution >= 4 is 11.8 Å². The van der Waals surface area contributed by atoms with E-state index in [-0.39, 0.29) is 11.8 Å². The molecule has 0 fully saturated rings. The van der Waals surface area contributed by atoms with Crippen molar-refractivity contribution in [2.75, 3.05) is 6.61 Å². The average Bonchev–Trinajstić information content (AvgIpc) is 2.76. The van der Waals surface area contributed by atoms with Crippen molar-refractivity contribution in [3.8, 4) is 0 Å². The van der Waals surface area contributed by atoms with Gasteiger partial charge in [-0.25, -0.2) is 0 Å². The third-order valence-corrected chi connectivity index (χ3v) is 6.64. The van der Waals surface area contributed by atoms with Crippen LogP contribution in [0.4, 0.5) is 0 Å². The van der Waals surface area contributed by atoms with Gasteiger partial charge in [0.15, 0.2) is 0 Å². The second-order valence-corrected chi connectivity index (χ2v) is 9.58. The SMILES string of the molecule is CCCCCCCCCCCCCCCCCCC(CCC)(C(C)=O)C(=O)OCCC. The van der Waals surface area contributed by atoms with E-state index in [1.165, 1.54) is 89.9 Å². The Hall–Kier alpha value is -0.860. The van der Waals surface area contributed by atoms with Crippen molar-refractivity contribution < 1.29 is 14.3 Å². The van der Waals surface area contributed by atoms with Gasteiger partial charge in [-0.1, -0.05) is 130 Å². The van der Waals surface area contributed by atoms with Crippen LogP contribution in [0.2, 0.25) is 0 Å². The van der Waals surface area contributed by atoms with E-state index in [1.807, 2.05) is 13.8 Å². The number of unbranched alkanes of at least 4 members (excludes halogenated alkanes) is 15. The number of rotatable bonds is 23. The van der Waals surface area contributed by atoms with Gasteiger partial charge in [0.25, 0.3) is 0 Å². The molecule has 0 aliphatic heterocycles. The van der Waals surface area contributed by atoms with Crippen LogP contribution < -0.4 is 0 Å². The van der Waals surface area contributed by atoms with Gasteiger partial charge in [0.2, 0.25) is 0 Å². The summed E-state index contributed by atoms with van der Waals surface area (Å²) in [6.45, 7) is 8.28. The van der Waals surface area contributed by atoms with Gasteiger partial charge in [0, 0.05) is 0 Å². The van der Waals surface area contributed by atoms with Crippen LogP contribution in [0.1, 0.15) is 156 Å². The molecular formula is C28H54O3. The molecule has 0 aromatic rings. The summed E-state index contributed by atoms with van der Waals surface area (Å²) in [5.74, 6) is -0.305. The van der Waals surface area contributed by atoms with Crippen LogP contribution >= 0.6 is 0 Å². The fourth-order valence-electron chi connectivity index (χ4n) is 4.56. The summed E-state index contributed by atoms with van der Waals surface area (Å²) in [6.07, 6.45) is 24.2. The minimum atomic E-state index is -0.903. The minimum Gasteiger partial charge on any atom is -0.465 e. The third kappa shape index (κ3) is 14.8. The minimum absolute atomic E-state index is 0.0172. The molecule has 0 aliphatic carbocycles. The zero-order chi connectivity index (χ0) is 23.2. The van der Waals surface area contributed by atoms with E-state index in [2.05, 4.69) is 6.92 Å². The van der Waals surface area contributed by atoms with Crippen LogP contribution in [-0.2, 0) is 14.3 Å². The number of esters is 1. The van der Waals surface area contributed by atoms with Gasteiger partial charge in [-0.15, -0.1) is 0 Å². The molecule has 0 aliphatic rings. The van der Waals surface area contributed by atoms with E-state index in [0.29, 0.717) is 19.4 Å². The Morgan fingerprint density at radius 2 is 0.968 bits per heavy atom. The molecule has 1 unspecified atom stereocenters. The van der Waals surface area contributed by atoms with Crippen LogP contribution in [0.3, 0.4) is 0 Å². The fourth-order valence-corrected chi connectivity index (χ4v) is 4.56. The van der Waals surface area contributed by atoms with Gasteiger partial charge in [0.1, 0.15) is 11.2 Å². The van der Waals surface area contributed by atoms with E-state index in [9.17, 15) is 9.59 Å². The Kier molecular flexibility index (Phi) is 20.4. The lowest BCUT2D eigenvalue weighted by Crippen LogP contribution is -2.39. The van der Waals surface area contributed by atoms with Crippen molar-refractivity contribution in [1.29, 1.82) is 0 Å². The van der Waals surface area contributed by atoms with Crippen LogP contribution in [0.5, 0.6) is 0 Å². The number of Topliss-reactive ketones (excluding diaryl/α,β-unsaturated/α-hetero) is 1. The molecule has 184 valence electrons. The Bertz CT molecular complexity index is 432. The summed E-state index contributed by atoms with van der Waals surface area (Å²) in [5, 5.41) is 0. The largest absolute Gasteiger partial charge is 0.465 e. The molecule has 0 saturated heterocycles. The molecular weight excluding hydrogens is 384 g/mol. The van der Waals surface area contributed by atoms with Crippen LogP contribution in [0.15, 0.2) is 0 Å². The number of hydrogen-bond acceptors (Lipinski definition) is 3. The molecule has 31 heavy (non-hydrogen) atoms. The maximum atomic E-state index is 12.6. The van der Waals surface area contributed by atoms with E-state index in [1.54, 1.807) is 6.92 Å². The number of ether oxygens (including phenoxy) is 1. The molecule has 0 spiro atoms. The highest BCUT2D eigenvalue weighted by Gasteiger charge is 2.43. The number of hydrogen-bond donors (Lipinski definition) is 0. The van der Waals surface area contributed by atoms with Crippen molar-refractivity contribution in [2.45, 2.75) is 156 Å². The Labute approximate surface area is 194 Å². The monoisotopic (exact) mass is 438 g/mol. The lowest BCUT2D eigenvalue weighted by atomic mass is 9.75. The molecule has 0 radical (unpaired) electrons. The summed E-state index contributed by atoms with van der Waals surface area (Å²) in [5.41, 5.74) is -0.903. The van der Waals surface area contributed by atoms with Gasteiger partial charge >= 0.3 is 5.97 Å². The molecule has 0 rings (SSSR count). The maximum Gasteiger partial charge on any atom is 0.319 e. The lowest BCUT2D eigenvalue weighted by molar-refractivity contribution is -0.161. The number of carbonyl (C=O) groups excluding carboxylic acids is 2. The highest BCUT2D eigenvalue weighted by Crippen LogP contribution is 2.34. The van der Waals surface area contributed by atoms with Crippen molar-refractivity contribution in [2.24, 2.45) is 5.41 Å². The average molecular weight is 439 g/mol. The van der Waals surface area contributed by atoms with Crippen LogP contribution in [-0.4, -0.2) is 18.4 Å². The van der Waals surface area contributed by atoms with Gasteiger partial charge in [-0.3, -0.25) is 9.59 Å². The van der Waals surface area contributed by atoms with Gasteiger partial charge in [-0.05, 0) is 26.2 Å². The molecule has 1 atom stereocenters. The Morgan fingerprint density at radius 1 is 0.548 bits per heavy atom. The Balaban J connectivity index is 3.79. The van der Waals surface area contributed by atoms with Crippen LogP contribution in [0, 0.1) is 5.41 Å². The van der Waals surface area contributed by atoms with Gasteiger partial charge < -0.3 is 4.74 Å². The van der Waals surface area contributed by atoms with Crippen molar-refractivity contribution in [3.05, 3.63) is 0 Å². The lowest BCUT2D eigenvalue weighted by Gasteiger charge is -2.28.